The van der Waals surface area contributed by atoms with Crippen LogP contribution in [-0.2, 0) is 16.0 Å². The Balaban J connectivity index is 2.34. The van der Waals surface area contributed by atoms with Gasteiger partial charge in [-0.2, -0.15) is 0 Å². The molecule has 6 heteroatoms. The molecule has 1 aromatic rings. The molecule has 0 fully saturated rings. The van der Waals surface area contributed by atoms with E-state index in [2.05, 4.69) is 43.2 Å². The van der Waals surface area contributed by atoms with Gasteiger partial charge in [0, 0.05) is 30.3 Å². The Kier molecular flexibility index (Phi) is 10.3. The molecule has 0 saturated carbocycles. The van der Waals surface area contributed by atoms with E-state index in [4.69, 9.17) is 14.2 Å². The van der Waals surface area contributed by atoms with Crippen LogP contribution in [0.2, 0.25) is 0 Å². The largest absolute Gasteiger partial charge is 0.492 e. The fraction of sp³-hybridized carbons (Fsp3) is 0.600. The van der Waals surface area contributed by atoms with Gasteiger partial charge >= 0.3 is 0 Å². The summed E-state index contributed by atoms with van der Waals surface area (Å²) in [5.74, 6) is 0.907. The zero-order valence-electron chi connectivity index (χ0n) is 12.6. The van der Waals surface area contributed by atoms with E-state index in [-0.39, 0.29) is 0 Å². The van der Waals surface area contributed by atoms with Crippen molar-refractivity contribution in [2.45, 2.75) is 19.9 Å². The second-order valence-corrected chi connectivity index (χ2v) is 6.21. The molecule has 0 radical (unpaired) electrons. The average molecular weight is 425 g/mol. The summed E-state index contributed by atoms with van der Waals surface area (Å²) < 4.78 is 18.1. The van der Waals surface area contributed by atoms with Gasteiger partial charge in [0.2, 0.25) is 0 Å². The number of methoxy groups -OCH3 is 1. The number of benzene rings is 1. The molecule has 0 unspecified atom stereocenters. The zero-order valence-corrected chi connectivity index (χ0v) is 15.8. The first-order valence-electron chi connectivity index (χ1n) is 7.07. The average Bonchev–Trinajstić information content (AvgIpc) is 2.45. The normalized spacial score (nSPS) is 10.9. The van der Waals surface area contributed by atoms with Gasteiger partial charge in [0.05, 0.1) is 24.3 Å². The summed E-state index contributed by atoms with van der Waals surface area (Å²) in [5, 5.41) is 3.41. The van der Waals surface area contributed by atoms with Crippen LogP contribution >= 0.6 is 31.9 Å². The van der Waals surface area contributed by atoms with E-state index in [1.54, 1.807) is 7.11 Å². The molecule has 1 aromatic carbocycles. The maximum Gasteiger partial charge on any atom is 0.138 e. The van der Waals surface area contributed by atoms with Gasteiger partial charge in [0.1, 0.15) is 5.75 Å². The van der Waals surface area contributed by atoms with Crippen molar-refractivity contribution in [3.8, 4) is 5.75 Å². The Morgan fingerprint density at radius 2 is 1.95 bits per heavy atom. The third-order valence-corrected chi connectivity index (χ3v) is 3.81. The molecule has 0 aliphatic heterocycles. The summed E-state index contributed by atoms with van der Waals surface area (Å²) in [6.45, 7) is 6.37. The summed E-state index contributed by atoms with van der Waals surface area (Å²) in [5.41, 5.74) is 1.14. The van der Waals surface area contributed by atoms with E-state index in [1.165, 1.54) is 0 Å². The van der Waals surface area contributed by atoms with E-state index >= 15 is 0 Å². The zero-order chi connectivity index (χ0) is 15.5. The molecule has 120 valence electrons. The Bertz CT molecular complexity index is 416. The van der Waals surface area contributed by atoms with Gasteiger partial charge in [0.15, 0.2) is 0 Å². The molecule has 0 spiro atoms. The molecule has 0 heterocycles. The predicted molar refractivity (Wildman–Crippen MR) is 92.0 cm³/mol. The lowest BCUT2D eigenvalue weighted by atomic mass is 10.2. The Morgan fingerprint density at radius 3 is 2.67 bits per heavy atom. The highest BCUT2D eigenvalue weighted by molar-refractivity contribution is 9.11. The maximum absolute atomic E-state index is 5.70. The van der Waals surface area contributed by atoms with Crippen LogP contribution < -0.4 is 10.1 Å². The van der Waals surface area contributed by atoms with E-state index in [1.807, 2.05) is 13.0 Å². The van der Waals surface area contributed by atoms with Crippen LogP contribution in [0.15, 0.2) is 21.1 Å². The molecule has 0 atom stereocenters. The number of halogens is 2. The summed E-state index contributed by atoms with van der Waals surface area (Å²) >= 11 is 7.05. The topological polar surface area (TPSA) is 39.7 Å². The lowest BCUT2D eigenvalue weighted by molar-refractivity contribution is 0.0694. The van der Waals surface area contributed by atoms with Crippen molar-refractivity contribution in [3.05, 3.63) is 26.6 Å². The molecule has 21 heavy (non-hydrogen) atoms. The lowest BCUT2D eigenvalue weighted by Gasteiger charge is -2.14. The van der Waals surface area contributed by atoms with Gasteiger partial charge in [0.25, 0.3) is 0 Å². The van der Waals surface area contributed by atoms with Gasteiger partial charge in [-0.05, 0) is 48.0 Å². The molecule has 0 saturated heterocycles. The number of nitrogens with one attached hydrogen (secondary N) is 1. The molecule has 0 bridgehead atoms. The van der Waals surface area contributed by atoms with E-state index in [0.29, 0.717) is 19.8 Å². The fourth-order valence-corrected chi connectivity index (χ4v) is 3.25. The van der Waals surface area contributed by atoms with Crippen LogP contribution in [0, 0.1) is 0 Å². The molecule has 0 aromatic heterocycles. The van der Waals surface area contributed by atoms with E-state index in [0.717, 1.165) is 46.4 Å². The van der Waals surface area contributed by atoms with Gasteiger partial charge in [-0.1, -0.05) is 15.9 Å². The highest BCUT2D eigenvalue weighted by Gasteiger charge is 2.09. The second-order valence-electron chi connectivity index (χ2n) is 4.44. The molecular formula is C15H23Br2NO3. The third-order valence-electron chi connectivity index (χ3n) is 2.76. The lowest BCUT2D eigenvalue weighted by Crippen LogP contribution is -2.17. The van der Waals surface area contributed by atoms with E-state index < -0.39 is 0 Å². The summed E-state index contributed by atoms with van der Waals surface area (Å²) in [6.07, 6.45) is 0.975. The van der Waals surface area contributed by atoms with Crippen molar-refractivity contribution < 1.29 is 14.2 Å². The van der Waals surface area contributed by atoms with Crippen molar-refractivity contribution in [1.29, 1.82) is 0 Å². The van der Waals surface area contributed by atoms with Crippen molar-refractivity contribution in [3.63, 3.8) is 0 Å². The molecule has 4 nitrogen and oxygen atoms in total. The first-order chi connectivity index (χ1) is 10.2. The number of ether oxygens (including phenoxy) is 3. The maximum atomic E-state index is 5.70. The fourth-order valence-electron chi connectivity index (χ4n) is 1.82. The first kappa shape index (κ1) is 18.9. The minimum atomic E-state index is 0.650. The number of hydrogen-bond acceptors (Lipinski definition) is 4. The summed E-state index contributed by atoms with van der Waals surface area (Å²) in [7, 11) is 1.68. The first-order valence-corrected chi connectivity index (χ1v) is 8.65. The molecule has 0 aliphatic rings. The minimum absolute atomic E-state index is 0.650. The SMILES string of the molecule is CCOc1c(Br)cc(Br)cc1CNCCCOCCOC. The monoisotopic (exact) mass is 423 g/mol. The highest BCUT2D eigenvalue weighted by atomic mass is 79.9. The van der Waals surface area contributed by atoms with Crippen molar-refractivity contribution >= 4 is 31.9 Å². The molecule has 0 aliphatic carbocycles. The van der Waals surface area contributed by atoms with Crippen LogP contribution in [0.4, 0.5) is 0 Å². The molecular weight excluding hydrogens is 402 g/mol. The second kappa shape index (κ2) is 11.4. The standard InChI is InChI=1S/C15H23Br2NO3/c1-3-21-15-12(9-13(16)10-14(15)17)11-18-5-4-6-20-8-7-19-2/h9-10,18H,3-8,11H2,1-2H3. The van der Waals surface area contributed by atoms with Crippen molar-refractivity contribution in [1.82, 2.24) is 5.32 Å². The Labute approximate surface area is 143 Å². The van der Waals surface area contributed by atoms with Crippen LogP contribution in [0.1, 0.15) is 18.9 Å². The number of rotatable bonds is 11. The van der Waals surface area contributed by atoms with E-state index in [9.17, 15) is 0 Å². The van der Waals surface area contributed by atoms with Gasteiger partial charge < -0.3 is 19.5 Å². The van der Waals surface area contributed by atoms with Gasteiger partial charge in [-0.3, -0.25) is 0 Å². The van der Waals surface area contributed by atoms with Crippen LogP contribution in [-0.4, -0.2) is 40.1 Å². The summed E-state index contributed by atoms with van der Waals surface area (Å²) in [6, 6.07) is 4.08. The van der Waals surface area contributed by atoms with Crippen LogP contribution in [0.5, 0.6) is 5.75 Å². The molecule has 1 rings (SSSR count). The quantitative estimate of drug-likeness (QED) is 0.549. The Hall–Kier alpha value is -0.140. The smallest absolute Gasteiger partial charge is 0.138 e. The third kappa shape index (κ3) is 7.61. The molecule has 0 amide bonds. The van der Waals surface area contributed by atoms with Crippen molar-refractivity contribution in [2.24, 2.45) is 0 Å². The predicted octanol–water partition coefficient (Wildman–Crippen LogP) is 3.75. The van der Waals surface area contributed by atoms with Crippen LogP contribution in [0.3, 0.4) is 0 Å². The molecule has 1 N–H and O–H groups in total. The van der Waals surface area contributed by atoms with Gasteiger partial charge in [-0.15, -0.1) is 0 Å². The van der Waals surface area contributed by atoms with Gasteiger partial charge in [-0.25, -0.2) is 0 Å². The minimum Gasteiger partial charge on any atom is -0.492 e. The number of hydrogen-bond donors (Lipinski definition) is 1. The highest BCUT2D eigenvalue weighted by Crippen LogP contribution is 2.32. The van der Waals surface area contributed by atoms with Crippen molar-refractivity contribution in [2.75, 3.05) is 40.1 Å². The summed E-state index contributed by atoms with van der Waals surface area (Å²) in [4.78, 5) is 0. The van der Waals surface area contributed by atoms with Crippen LogP contribution in [0.25, 0.3) is 0 Å². The Morgan fingerprint density at radius 1 is 1.14 bits per heavy atom.